The molecule has 0 unspecified atom stereocenters. The fourth-order valence-corrected chi connectivity index (χ4v) is 4.55. The highest BCUT2D eigenvalue weighted by Gasteiger charge is 2.32. The molecule has 0 atom stereocenters. The Morgan fingerprint density at radius 2 is 1.34 bits per heavy atom. The van der Waals surface area contributed by atoms with Crippen molar-refractivity contribution in [3.05, 3.63) is 117 Å². The van der Waals surface area contributed by atoms with E-state index in [0.29, 0.717) is 39.1 Å². The van der Waals surface area contributed by atoms with Crippen molar-refractivity contribution in [3.63, 3.8) is 0 Å². The minimum absolute atomic E-state index is 0.0998. The van der Waals surface area contributed by atoms with E-state index in [1.807, 2.05) is 42.5 Å². The van der Waals surface area contributed by atoms with Crippen molar-refractivity contribution in [2.75, 3.05) is 0 Å². The number of benzene rings is 4. The van der Waals surface area contributed by atoms with Crippen LogP contribution in [0.15, 0.2) is 84.4 Å². The maximum Gasteiger partial charge on any atom is 0.197 e. The first-order valence-corrected chi connectivity index (χ1v) is 10.8. The topological polar surface area (TPSA) is 43.4 Å². The molecule has 5 rings (SSSR count). The summed E-state index contributed by atoms with van der Waals surface area (Å²) in [5, 5.41) is 2.83. The van der Waals surface area contributed by atoms with Gasteiger partial charge in [0, 0.05) is 11.1 Å². The van der Waals surface area contributed by atoms with Crippen LogP contribution in [0.1, 0.15) is 31.8 Å². The number of ketones is 2. The van der Waals surface area contributed by atoms with Crippen LogP contribution in [0.3, 0.4) is 0 Å². The van der Waals surface area contributed by atoms with Crippen LogP contribution in [0.2, 0.25) is 10.0 Å². The van der Waals surface area contributed by atoms with Crippen molar-refractivity contribution in [1.82, 2.24) is 0 Å². The Hall–Kier alpha value is -3.40. The van der Waals surface area contributed by atoms with Gasteiger partial charge in [0.1, 0.15) is 6.61 Å². The fraction of sp³-hybridized carbons (Fsp3) is 0.0370. The van der Waals surface area contributed by atoms with E-state index in [-0.39, 0.29) is 17.1 Å². The van der Waals surface area contributed by atoms with Crippen LogP contribution in [0.4, 0.5) is 0 Å². The normalized spacial score (nSPS) is 12.9. The zero-order chi connectivity index (χ0) is 22.2. The lowest BCUT2D eigenvalue weighted by Gasteiger charge is -2.12. The Morgan fingerprint density at radius 3 is 2.03 bits per heavy atom. The smallest absolute Gasteiger partial charge is 0.197 e. The largest absolute Gasteiger partial charge is 0.486 e. The van der Waals surface area contributed by atoms with E-state index in [9.17, 15) is 9.59 Å². The Kier molecular flexibility index (Phi) is 5.30. The molecule has 0 aromatic heterocycles. The van der Waals surface area contributed by atoms with E-state index in [1.165, 1.54) is 6.08 Å². The lowest BCUT2D eigenvalue weighted by Crippen LogP contribution is -2.01. The van der Waals surface area contributed by atoms with Crippen LogP contribution in [0.25, 0.3) is 16.8 Å². The zero-order valence-electron chi connectivity index (χ0n) is 16.8. The van der Waals surface area contributed by atoms with Gasteiger partial charge in [-0.3, -0.25) is 9.59 Å². The van der Waals surface area contributed by atoms with Gasteiger partial charge in [0.05, 0.1) is 15.6 Å². The molecule has 0 aliphatic heterocycles. The van der Waals surface area contributed by atoms with Crippen molar-refractivity contribution >= 4 is 51.6 Å². The monoisotopic (exact) mass is 458 g/mol. The van der Waals surface area contributed by atoms with Gasteiger partial charge in [-0.2, -0.15) is 0 Å². The van der Waals surface area contributed by atoms with Gasteiger partial charge in [-0.25, -0.2) is 0 Å². The maximum atomic E-state index is 12.6. The standard InChI is InChI=1S/C27H16Cl2O3/c28-23-13-16(12-22-25(30)20-10-3-4-11-21(20)26(22)31)14-24(29)27(23)32-15-18-8-5-7-17-6-1-2-9-19(17)18/h1-14H,15H2. The molecular weight excluding hydrogens is 443 g/mol. The van der Waals surface area contributed by atoms with Gasteiger partial charge in [0.15, 0.2) is 17.3 Å². The minimum Gasteiger partial charge on any atom is -0.486 e. The summed E-state index contributed by atoms with van der Waals surface area (Å²) in [6.07, 6.45) is 1.52. The van der Waals surface area contributed by atoms with Gasteiger partial charge in [-0.1, -0.05) is 89.9 Å². The second kappa shape index (κ2) is 8.27. The molecule has 156 valence electrons. The molecule has 0 heterocycles. The highest BCUT2D eigenvalue weighted by atomic mass is 35.5. The van der Waals surface area contributed by atoms with Crippen LogP contribution in [0, 0.1) is 0 Å². The second-order valence-corrected chi connectivity index (χ2v) is 8.32. The van der Waals surface area contributed by atoms with Crippen molar-refractivity contribution in [2.24, 2.45) is 0 Å². The number of halogens is 2. The van der Waals surface area contributed by atoms with E-state index >= 15 is 0 Å². The summed E-state index contributed by atoms with van der Waals surface area (Å²) in [4.78, 5) is 25.3. The molecule has 0 saturated heterocycles. The van der Waals surface area contributed by atoms with Crippen LogP contribution in [-0.4, -0.2) is 11.6 Å². The average Bonchev–Trinajstić information content (AvgIpc) is 3.04. The number of fused-ring (bicyclic) bond motifs is 2. The van der Waals surface area contributed by atoms with Crippen molar-refractivity contribution < 1.29 is 14.3 Å². The van der Waals surface area contributed by atoms with E-state index < -0.39 is 0 Å². The summed E-state index contributed by atoms with van der Waals surface area (Å²) in [5.41, 5.74) is 2.50. The van der Waals surface area contributed by atoms with E-state index in [0.717, 1.165) is 16.3 Å². The Balaban J connectivity index is 1.42. The maximum absolute atomic E-state index is 12.6. The number of ether oxygens (including phenoxy) is 1. The molecule has 4 aromatic carbocycles. The lowest BCUT2D eigenvalue weighted by atomic mass is 10.1. The van der Waals surface area contributed by atoms with Gasteiger partial charge in [-0.05, 0) is 40.1 Å². The van der Waals surface area contributed by atoms with Gasteiger partial charge < -0.3 is 4.74 Å². The number of allylic oxidation sites excluding steroid dienone is 1. The average molecular weight is 459 g/mol. The molecule has 0 saturated carbocycles. The van der Waals surface area contributed by atoms with E-state index in [4.69, 9.17) is 27.9 Å². The van der Waals surface area contributed by atoms with Gasteiger partial charge in [0.25, 0.3) is 0 Å². The van der Waals surface area contributed by atoms with Crippen molar-refractivity contribution in [3.8, 4) is 5.75 Å². The first kappa shape index (κ1) is 20.5. The third-order valence-electron chi connectivity index (χ3n) is 5.49. The number of hydrogen-bond donors (Lipinski definition) is 0. The number of rotatable bonds is 4. The van der Waals surface area contributed by atoms with Gasteiger partial charge in [-0.15, -0.1) is 0 Å². The summed E-state index contributed by atoms with van der Waals surface area (Å²) in [7, 11) is 0. The van der Waals surface area contributed by atoms with E-state index in [2.05, 4.69) is 0 Å². The predicted molar refractivity (Wildman–Crippen MR) is 128 cm³/mol. The highest BCUT2D eigenvalue weighted by Crippen LogP contribution is 2.37. The first-order chi connectivity index (χ1) is 15.5. The van der Waals surface area contributed by atoms with Crippen LogP contribution in [0.5, 0.6) is 5.75 Å². The molecule has 0 fully saturated rings. The summed E-state index contributed by atoms with van der Waals surface area (Å²) in [6, 6.07) is 24.2. The molecule has 0 N–H and O–H groups in total. The van der Waals surface area contributed by atoms with Gasteiger partial charge >= 0.3 is 0 Å². The third-order valence-corrected chi connectivity index (χ3v) is 6.05. The number of hydrogen-bond acceptors (Lipinski definition) is 3. The molecule has 1 aliphatic carbocycles. The Bertz CT molecular complexity index is 1370. The van der Waals surface area contributed by atoms with Crippen LogP contribution < -0.4 is 4.74 Å². The first-order valence-electron chi connectivity index (χ1n) is 10.0. The molecule has 1 aliphatic rings. The molecule has 0 spiro atoms. The second-order valence-electron chi connectivity index (χ2n) is 7.50. The lowest BCUT2D eigenvalue weighted by molar-refractivity contribution is 0.0990. The molecule has 0 bridgehead atoms. The van der Waals surface area contributed by atoms with Crippen molar-refractivity contribution in [1.29, 1.82) is 0 Å². The highest BCUT2D eigenvalue weighted by molar-refractivity contribution is 6.41. The van der Waals surface area contributed by atoms with E-state index in [1.54, 1.807) is 36.4 Å². The number of carbonyl (C=O) groups excluding carboxylic acids is 2. The Morgan fingerprint density at radius 1 is 0.750 bits per heavy atom. The summed E-state index contributed by atoms with van der Waals surface area (Å²) in [6.45, 7) is 0.299. The summed E-state index contributed by atoms with van der Waals surface area (Å²) >= 11 is 12.9. The quantitative estimate of drug-likeness (QED) is 0.240. The molecular formula is C27H16Cl2O3. The molecule has 0 amide bonds. The third kappa shape index (κ3) is 3.60. The summed E-state index contributed by atoms with van der Waals surface area (Å²) < 4.78 is 5.96. The molecule has 0 radical (unpaired) electrons. The molecule has 32 heavy (non-hydrogen) atoms. The number of Topliss-reactive ketones (excluding diaryl/α,β-unsaturated/α-hetero) is 2. The van der Waals surface area contributed by atoms with Crippen LogP contribution >= 0.6 is 23.2 Å². The predicted octanol–water partition coefficient (Wildman–Crippen LogP) is 7.19. The van der Waals surface area contributed by atoms with Crippen LogP contribution in [-0.2, 0) is 6.61 Å². The van der Waals surface area contributed by atoms with Crippen molar-refractivity contribution in [2.45, 2.75) is 6.61 Å². The fourth-order valence-electron chi connectivity index (χ4n) is 3.94. The Labute approximate surface area is 194 Å². The molecule has 3 nitrogen and oxygen atoms in total. The molecule has 4 aromatic rings. The minimum atomic E-state index is -0.297. The van der Waals surface area contributed by atoms with Gasteiger partial charge in [0.2, 0.25) is 0 Å². The SMILES string of the molecule is O=C1C(=Cc2cc(Cl)c(OCc3cccc4ccccc34)c(Cl)c2)C(=O)c2ccccc21. The number of carbonyl (C=O) groups is 2. The molecule has 5 heteroatoms. The summed E-state index contributed by atoms with van der Waals surface area (Å²) in [5.74, 6) is -0.237. The zero-order valence-corrected chi connectivity index (χ0v) is 18.3.